The Morgan fingerprint density at radius 1 is 1.33 bits per heavy atom. The minimum Gasteiger partial charge on any atom is -0.500 e. The maximum absolute atomic E-state index is 5.48. The molecule has 1 aliphatic rings. The van der Waals surface area contributed by atoms with Gasteiger partial charge >= 0.3 is 0 Å². The van der Waals surface area contributed by atoms with Gasteiger partial charge in [0.1, 0.15) is 6.61 Å². The molecule has 0 saturated carbocycles. The minimum atomic E-state index is 0.0702. The van der Waals surface area contributed by atoms with E-state index in [9.17, 15) is 0 Å². The highest BCUT2D eigenvalue weighted by Gasteiger charge is 2.40. The number of rotatable bonds is 4. The second-order valence-corrected chi connectivity index (χ2v) is 3.92. The monoisotopic (exact) mass is 204 g/mol. The van der Waals surface area contributed by atoms with Gasteiger partial charge < -0.3 is 9.47 Å². The van der Waals surface area contributed by atoms with Crippen LogP contribution in [0.25, 0.3) is 0 Å². The lowest BCUT2D eigenvalue weighted by molar-refractivity contribution is -0.0863. The van der Waals surface area contributed by atoms with E-state index >= 15 is 0 Å². The summed E-state index contributed by atoms with van der Waals surface area (Å²) >= 11 is 0. The van der Waals surface area contributed by atoms with Crippen LogP contribution in [0.3, 0.4) is 0 Å². The van der Waals surface area contributed by atoms with E-state index in [1.165, 1.54) is 5.56 Å². The number of hydrogen-bond acceptors (Lipinski definition) is 2. The summed E-state index contributed by atoms with van der Waals surface area (Å²) in [7, 11) is 0. The number of allylic oxidation sites excluding steroid dienone is 1. The van der Waals surface area contributed by atoms with Crippen LogP contribution in [0.5, 0.6) is 0 Å². The fourth-order valence-corrected chi connectivity index (χ4v) is 1.78. The largest absolute Gasteiger partial charge is 0.500 e. The predicted octanol–water partition coefficient (Wildman–Crippen LogP) is 2.50. The van der Waals surface area contributed by atoms with Gasteiger partial charge in [0.25, 0.3) is 0 Å². The van der Waals surface area contributed by atoms with Crippen molar-refractivity contribution in [2.75, 3.05) is 19.8 Å². The molecule has 2 rings (SSSR count). The average Bonchev–Trinajstić information content (AvgIpc) is 2.23. The molecule has 1 saturated heterocycles. The van der Waals surface area contributed by atoms with Gasteiger partial charge in [0.2, 0.25) is 0 Å². The van der Waals surface area contributed by atoms with Crippen LogP contribution in [0, 0.1) is 0 Å². The van der Waals surface area contributed by atoms with Crippen molar-refractivity contribution in [3.05, 3.63) is 48.2 Å². The summed E-state index contributed by atoms with van der Waals surface area (Å²) in [4.78, 5) is 0. The van der Waals surface area contributed by atoms with Crippen LogP contribution in [-0.4, -0.2) is 19.8 Å². The Bertz CT molecular complexity index is 326. The van der Waals surface area contributed by atoms with Crippen molar-refractivity contribution in [3.8, 4) is 0 Å². The van der Waals surface area contributed by atoms with Gasteiger partial charge in [-0.1, -0.05) is 36.4 Å². The van der Waals surface area contributed by atoms with Crippen molar-refractivity contribution >= 4 is 0 Å². The van der Waals surface area contributed by atoms with Crippen LogP contribution >= 0.6 is 0 Å². The smallest absolute Gasteiger partial charge is 0.101 e. The summed E-state index contributed by atoms with van der Waals surface area (Å²) < 4.78 is 10.8. The zero-order valence-corrected chi connectivity index (χ0v) is 8.98. The first-order valence-corrected chi connectivity index (χ1v) is 5.23. The summed E-state index contributed by atoms with van der Waals surface area (Å²) in [5.74, 6) is 0. The van der Waals surface area contributed by atoms with E-state index in [2.05, 4.69) is 24.3 Å². The van der Waals surface area contributed by atoms with Crippen molar-refractivity contribution in [1.29, 1.82) is 0 Å². The zero-order chi connectivity index (χ0) is 10.6. The van der Waals surface area contributed by atoms with Gasteiger partial charge in [0.15, 0.2) is 0 Å². The molecule has 0 aliphatic carbocycles. The van der Waals surface area contributed by atoms with Gasteiger partial charge in [-0.15, -0.1) is 0 Å². The molecule has 15 heavy (non-hydrogen) atoms. The van der Waals surface area contributed by atoms with Gasteiger partial charge in [-0.2, -0.15) is 0 Å². The fraction of sp³-hybridized carbons (Fsp3) is 0.385. The standard InChI is InChI=1S/C13H16O2/c1-2-8-14-9-13(10-15-11-13)12-6-4-3-5-7-12/h2-8H,9-11H2,1H3. The van der Waals surface area contributed by atoms with E-state index in [-0.39, 0.29) is 5.41 Å². The molecule has 0 aromatic heterocycles. The Balaban J connectivity index is 2.08. The van der Waals surface area contributed by atoms with Gasteiger partial charge in [-0.3, -0.25) is 0 Å². The van der Waals surface area contributed by atoms with Crippen LogP contribution in [0.2, 0.25) is 0 Å². The summed E-state index contributed by atoms with van der Waals surface area (Å²) in [5, 5.41) is 0. The molecule has 80 valence electrons. The molecular weight excluding hydrogens is 188 g/mol. The Hall–Kier alpha value is -1.28. The lowest BCUT2D eigenvalue weighted by Crippen LogP contribution is -2.50. The Morgan fingerprint density at radius 3 is 2.60 bits per heavy atom. The molecule has 0 bridgehead atoms. The lowest BCUT2D eigenvalue weighted by atomic mass is 9.79. The number of hydrogen-bond donors (Lipinski definition) is 0. The van der Waals surface area contributed by atoms with Gasteiger partial charge in [-0.25, -0.2) is 0 Å². The molecule has 1 aliphatic heterocycles. The second kappa shape index (κ2) is 4.49. The van der Waals surface area contributed by atoms with E-state index in [0.717, 1.165) is 13.2 Å². The zero-order valence-electron chi connectivity index (χ0n) is 8.98. The molecule has 2 heteroatoms. The Labute approximate surface area is 90.5 Å². The van der Waals surface area contributed by atoms with Crippen molar-refractivity contribution in [2.45, 2.75) is 12.3 Å². The lowest BCUT2D eigenvalue weighted by Gasteiger charge is -2.41. The van der Waals surface area contributed by atoms with E-state index in [0.29, 0.717) is 6.61 Å². The van der Waals surface area contributed by atoms with Gasteiger partial charge in [0, 0.05) is 0 Å². The number of ether oxygens (including phenoxy) is 2. The molecule has 0 amide bonds. The second-order valence-electron chi connectivity index (χ2n) is 3.92. The van der Waals surface area contributed by atoms with Crippen molar-refractivity contribution in [3.63, 3.8) is 0 Å². The van der Waals surface area contributed by atoms with Crippen LogP contribution in [0.15, 0.2) is 42.7 Å². The molecule has 1 heterocycles. The summed E-state index contributed by atoms with van der Waals surface area (Å²) in [6, 6.07) is 10.4. The molecular formula is C13H16O2. The highest BCUT2D eigenvalue weighted by molar-refractivity contribution is 5.28. The van der Waals surface area contributed by atoms with Crippen LogP contribution < -0.4 is 0 Å². The van der Waals surface area contributed by atoms with Crippen LogP contribution in [0.4, 0.5) is 0 Å². The van der Waals surface area contributed by atoms with Crippen LogP contribution in [-0.2, 0) is 14.9 Å². The maximum Gasteiger partial charge on any atom is 0.101 e. The first kappa shape index (κ1) is 10.2. The van der Waals surface area contributed by atoms with E-state index in [1.54, 1.807) is 6.26 Å². The van der Waals surface area contributed by atoms with Crippen molar-refractivity contribution in [2.24, 2.45) is 0 Å². The third-order valence-corrected chi connectivity index (χ3v) is 2.73. The average molecular weight is 204 g/mol. The fourth-order valence-electron chi connectivity index (χ4n) is 1.78. The first-order valence-electron chi connectivity index (χ1n) is 5.23. The third kappa shape index (κ3) is 2.05. The molecule has 0 spiro atoms. The molecule has 1 aromatic rings. The Kier molecular flexibility index (Phi) is 3.07. The van der Waals surface area contributed by atoms with Gasteiger partial charge in [-0.05, 0) is 12.5 Å². The predicted molar refractivity (Wildman–Crippen MR) is 59.7 cm³/mol. The van der Waals surface area contributed by atoms with E-state index < -0.39 is 0 Å². The van der Waals surface area contributed by atoms with Crippen molar-refractivity contribution in [1.82, 2.24) is 0 Å². The Morgan fingerprint density at radius 2 is 2.07 bits per heavy atom. The summed E-state index contributed by atoms with van der Waals surface area (Å²) in [6.07, 6.45) is 3.64. The molecule has 1 aromatic carbocycles. The molecule has 0 radical (unpaired) electrons. The number of benzene rings is 1. The minimum absolute atomic E-state index is 0.0702. The highest BCUT2D eigenvalue weighted by atomic mass is 16.5. The highest BCUT2D eigenvalue weighted by Crippen LogP contribution is 2.32. The first-order chi connectivity index (χ1) is 7.37. The van der Waals surface area contributed by atoms with Crippen molar-refractivity contribution < 1.29 is 9.47 Å². The SMILES string of the molecule is CC=COCC1(c2ccccc2)COC1. The summed E-state index contributed by atoms with van der Waals surface area (Å²) in [5.41, 5.74) is 1.38. The molecule has 2 nitrogen and oxygen atoms in total. The molecule has 0 atom stereocenters. The topological polar surface area (TPSA) is 18.5 Å². The normalized spacial score (nSPS) is 18.7. The van der Waals surface area contributed by atoms with Crippen LogP contribution in [0.1, 0.15) is 12.5 Å². The van der Waals surface area contributed by atoms with E-state index in [4.69, 9.17) is 9.47 Å². The molecule has 0 N–H and O–H groups in total. The maximum atomic E-state index is 5.48. The molecule has 1 fully saturated rings. The van der Waals surface area contributed by atoms with Gasteiger partial charge in [0.05, 0.1) is 24.9 Å². The molecule has 0 unspecified atom stereocenters. The van der Waals surface area contributed by atoms with E-state index in [1.807, 2.05) is 19.1 Å². The quantitative estimate of drug-likeness (QED) is 0.701. The third-order valence-electron chi connectivity index (χ3n) is 2.73. The summed E-state index contributed by atoms with van der Waals surface area (Å²) in [6.45, 7) is 4.16.